The smallest absolute Gasteiger partial charge is 0.247 e. The van der Waals surface area contributed by atoms with E-state index in [1.807, 2.05) is 46.1 Å². The van der Waals surface area contributed by atoms with Gasteiger partial charge in [0.25, 0.3) is 0 Å². The van der Waals surface area contributed by atoms with Gasteiger partial charge in [-0.3, -0.25) is 9.69 Å². The van der Waals surface area contributed by atoms with Crippen LogP contribution in [0.5, 0.6) is 0 Å². The maximum atomic E-state index is 13.9. The number of hydrogen-bond acceptors (Lipinski definition) is 6. The molecule has 1 amide bonds. The fourth-order valence-corrected chi connectivity index (χ4v) is 7.06. The number of sulfonamides is 1. The van der Waals surface area contributed by atoms with Gasteiger partial charge in [0.15, 0.2) is 5.13 Å². The predicted molar refractivity (Wildman–Crippen MR) is 138 cm³/mol. The van der Waals surface area contributed by atoms with E-state index in [1.54, 1.807) is 29.2 Å². The van der Waals surface area contributed by atoms with E-state index in [0.717, 1.165) is 34.3 Å². The van der Waals surface area contributed by atoms with E-state index in [-0.39, 0.29) is 10.8 Å². The molecule has 2 aromatic carbocycles. The highest BCUT2D eigenvalue weighted by atomic mass is 32.2. The van der Waals surface area contributed by atoms with Crippen LogP contribution in [-0.2, 0) is 14.8 Å². The van der Waals surface area contributed by atoms with Gasteiger partial charge in [-0.2, -0.15) is 4.31 Å². The average Bonchev–Trinajstić information content (AvgIpc) is 3.45. The number of hydrogen-bond donors (Lipinski definition) is 0. The Morgan fingerprint density at radius 2 is 1.85 bits per heavy atom. The van der Waals surface area contributed by atoms with Crippen LogP contribution in [0.25, 0.3) is 10.2 Å². The monoisotopic (exact) mass is 500 g/mol. The zero-order valence-corrected chi connectivity index (χ0v) is 21.8. The van der Waals surface area contributed by atoms with Crippen LogP contribution in [0.4, 0.5) is 5.13 Å². The maximum absolute atomic E-state index is 13.9. The summed E-state index contributed by atoms with van der Waals surface area (Å²) in [6.45, 7) is 5.59. The summed E-state index contributed by atoms with van der Waals surface area (Å²) in [5.41, 5.74) is 2.94. The number of carbonyl (C=O) groups excluding carboxylic acids is 1. The first-order valence-corrected chi connectivity index (χ1v) is 13.8. The van der Waals surface area contributed by atoms with Crippen LogP contribution in [0.3, 0.4) is 0 Å². The topological polar surface area (TPSA) is 73.8 Å². The third-order valence-corrected chi connectivity index (χ3v) is 9.18. The fourth-order valence-electron chi connectivity index (χ4n) is 4.34. The SMILES string of the molecule is Cc1ccc(S(=O)(=O)N2CCCC2C(=O)N(CCCN(C)C)c2nc3c(C)cccc3s2)cc1. The number of rotatable bonds is 8. The quantitative estimate of drug-likeness (QED) is 0.467. The van der Waals surface area contributed by atoms with Gasteiger partial charge in [-0.25, -0.2) is 13.4 Å². The number of para-hydroxylation sites is 1. The lowest BCUT2D eigenvalue weighted by atomic mass is 10.2. The van der Waals surface area contributed by atoms with Crippen LogP contribution in [-0.4, -0.2) is 68.3 Å². The summed E-state index contributed by atoms with van der Waals surface area (Å²) in [5, 5.41) is 0.632. The summed E-state index contributed by atoms with van der Waals surface area (Å²) in [5.74, 6) is -0.191. The van der Waals surface area contributed by atoms with Gasteiger partial charge >= 0.3 is 0 Å². The number of nitrogens with zero attached hydrogens (tertiary/aromatic N) is 4. The van der Waals surface area contributed by atoms with Gasteiger partial charge in [0.2, 0.25) is 15.9 Å². The molecule has 182 valence electrons. The van der Waals surface area contributed by atoms with Crippen molar-refractivity contribution >= 4 is 42.6 Å². The summed E-state index contributed by atoms with van der Waals surface area (Å²) in [6, 6.07) is 12.1. The van der Waals surface area contributed by atoms with Crippen LogP contribution in [0.2, 0.25) is 0 Å². The number of benzene rings is 2. The highest BCUT2D eigenvalue weighted by Crippen LogP contribution is 2.33. The Morgan fingerprint density at radius 1 is 1.12 bits per heavy atom. The molecule has 0 spiro atoms. The molecule has 1 saturated heterocycles. The number of amides is 1. The first-order chi connectivity index (χ1) is 16.2. The highest BCUT2D eigenvalue weighted by molar-refractivity contribution is 7.89. The molecule has 1 unspecified atom stereocenters. The summed E-state index contributed by atoms with van der Waals surface area (Å²) < 4.78 is 29.3. The Bertz CT molecular complexity index is 1270. The van der Waals surface area contributed by atoms with Crippen molar-refractivity contribution in [2.24, 2.45) is 0 Å². The first kappa shape index (κ1) is 24.8. The Labute approximate surface area is 206 Å². The van der Waals surface area contributed by atoms with E-state index in [9.17, 15) is 13.2 Å². The molecule has 4 rings (SSSR count). The number of thiazole rings is 1. The minimum Gasteiger partial charge on any atom is -0.309 e. The summed E-state index contributed by atoms with van der Waals surface area (Å²) in [4.78, 5) is 22.7. The fraction of sp³-hybridized carbons (Fsp3) is 0.440. The van der Waals surface area contributed by atoms with E-state index in [2.05, 4.69) is 4.90 Å². The Kier molecular flexibility index (Phi) is 7.37. The third kappa shape index (κ3) is 5.02. The molecule has 1 aliphatic rings. The number of fused-ring (bicyclic) bond motifs is 1. The van der Waals surface area contributed by atoms with Gasteiger partial charge in [0, 0.05) is 13.1 Å². The van der Waals surface area contributed by atoms with Crippen molar-refractivity contribution in [1.29, 1.82) is 0 Å². The standard InChI is InChI=1S/C25H32N4O3S2/c1-18-11-13-20(14-12-18)34(31,32)29-17-6-9-21(29)24(30)28(16-7-15-27(3)4)25-26-23-19(2)8-5-10-22(23)33-25/h5,8,10-14,21H,6-7,9,15-17H2,1-4H3. The second-order valence-electron chi connectivity index (χ2n) is 9.15. The zero-order chi connectivity index (χ0) is 24.5. The minimum atomic E-state index is -3.77. The Morgan fingerprint density at radius 3 is 2.53 bits per heavy atom. The molecule has 0 bridgehead atoms. The van der Waals surface area contributed by atoms with Gasteiger partial charge in [0.1, 0.15) is 6.04 Å². The van der Waals surface area contributed by atoms with Gasteiger partial charge in [-0.1, -0.05) is 41.2 Å². The molecule has 2 heterocycles. The molecule has 0 N–H and O–H groups in total. The van der Waals surface area contributed by atoms with Crippen molar-refractivity contribution in [3.05, 3.63) is 53.6 Å². The molecule has 3 aromatic rings. The second kappa shape index (κ2) is 10.1. The van der Waals surface area contributed by atoms with Crippen LogP contribution in [0.15, 0.2) is 47.4 Å². The van der Waals surface area contributed by atoms with E-state index in [4.69, 9.17) is 4.98 Å². The van der Waals surface area contributed by atoms with Crippen molar-refractivity contribution < 1.29 is 13.2 Å². The van der Waals surface area contributed by atoms with E-state index >= 15 is 0 Å². The lowest BCUT2D eigenvalue weighted by Gasteiger charge is -2.29. The lowest BCUT2D eigenvalue weighted by molar-refractivity contribution is -0.121. The molecule has 0 aliphatic carbocycles. The third-order valence-electron chi connectivity index (χ3n) is 6.21. The number of aromatic nitrogens is 1. The zero-order valence-electron chi connectivity index (χ0n) is 20.2. The van der Waals surface area contributed by atoms with Crippen LogP contribution < -0.4 is 4.90 Å². The van der Waals surface area contributed by atoms with Crippen molar-refractivity contribution in [3.8, 4) is 0 Å². The molecule has 1 fully saturated rings. The lowest BCUT2D eigenvalue weighted by Crippen LogP contribution is -2.48. The highest BCUT2D eigenvalue weighted by Gasteiger charge is 2.42. The van der Waals surface area contributed by atoms with Gasteiger partial charge < -0.3 is 4.90 Å². The van der Waals surface area contributed by atoms with E-state index < -0.39 is 16.1 Å². The van der Waals surface area contributed by atoms with E-state index in [0.29, 0.717) is 31.1 Å². The normalized spacial score (nSPS) is 17.0. The molecular weight excluding hydrogens is 468 g/mol. The van der Waals surface area contributed by atoms with Crippen LogP contribution in [0, 0.1) is 13.8 Å². The van der Waals surface area contributed by atoms with Crippen molar-refractivity contribution in [1.82, 2.24) is 14.2 Å². The molecule has 9 heteroatoms. The van der Waals surface area contributed by atoms with Crippen LogP contribution >= 0.6 is 11.3 Å². The maximum Gasteiger partial charge on any atom is 0.247 e. The van der Waals surface area contributed by atoms with Gasteiger partial charge in [-0.05, 0) is 77.5 Å². The van der Waals surface area contributed by atoms with Crippen LogP contribution in [0.1, 0.15) is 30.4 Å². The summed E-state index contributed by atoms with van der Waals surface area (Å²) in [6.07, 6.45) is 1.94. The number of anilines is 1. The molecule has 1 atom stereocenters. The Hall–Kier alpha value is -2.33. The molecule has 0 saturated carbocycles. The van der Waals surface area contributed by atoms with Crippen molar-refractivity contribution in [3.63, 3.8) is 0 Å². The molecule has 0 radical (unpaired) electrons. The minimum absolute atomic E-state index is 0.191. The first-order valence-electron chi connectivity index (χ1n) is 11.6. The largest absolute Gasteiger partial charge is 0.309 e. The average molecular weight is 501 g/mol. The van der Waals surface area contributed by atoms with Crippen molar-refractivity contribution in [2.45, 2.75) is 44.0 Å². The van der Waals surface area contributed by atoms with E-state index in [1.165, 1.54) is 15.6 Å². The summed E-state index contributed by atoms with van der Waals surface area (Å²) >= 11 is 1.48. The molecular formula is C25H32N4O3S2. The van der Waals surface area contributed by atoms with Gasteiger partial charge in [-0.15, -0.1) is 0 Å². The molecule has 34 heavy (non-hydrogen) atoms. The number of carbonyl (C=O) groups is 1. The molecule has 7 nitrogen and oxygen atoms in total. The Balaban J connectivity index is 1.66. The summed E-state index contributed by atoms with van der Waals surface area (Å²) in [7, 11) is 0.230. The van der Waals surface area contributed by atoms with Gasteiger partial charge in [0.05, 0.1) is 15.1 Å². The molecule has 1 aromatic heterocycles. The predicted octanol–water partition coefficient (Wildman–Crippen LogP) is 4.05. The van der Waals surface area contributed by atoms with Crippen molar-refractivity contribution in [2.75, 3.05) is 38.6 Å². The molecule has 1 aliphatic heterocycles. The second-order valence-corrected chi connectivity index (χ2v) is 12.1. The number of aryl methyl sites for hydroxylation is 2.